The summed E-state index contributed by atoms with van der Waals surface area (Å²) in [6.07, 6.45) is 6.88. The van der Waals surface area contributed by atoms with E-state index in [1.165, 1.54) is 11.8 Å². The van der Waals surface area contributed by atoms with Crippen LogP contribution in [0.4, 0.5) is 0 Å². The SMILES string of the molecule is CC(C)(C)O.CC1(C)COC(c2cnc(Cl)c(Cl)c2)=N1.CSc1ncc(C2=NC(C)(C)CO2)cc1Cl.C[S-].[Na+]. The Morgan fingerprint density at radius 1 is 0.846 bits per heavy atom. The summed E-state index contributed by atoms with van der Waals surface area (Å²) in [7, 11) is 0. The van der Waals surface area contributed by atoms with E-state index >= 15 is 0 Å². The fourth-order valence-corrected chi connectivity index (χ4v) is 3.77. The van der Waals surface area contributed by atoms with Gasteiger partial charge in [0.05, 0.1) is 37.9 Å². The molecule has 2 aliphatic rings. The van der Waals surface area contributed by atoms with E-state index in [9.17, 15) is 0 Å². The maximum absolute atomic E-state index is 8.52. The van der Waals surface area contributed by atoms with Crippen molar-refractivity contribution in [2.75, 3.05) is 25.7 Å². The van der Waals surface area contributed by atoms with E-state index in [-0.39, 0.29) is 40.6 Å². The third-order valence-corrected chi connectivity index (χ3v) is 6.02. The van der Waals surface area contributed by atoms with Gasteiger partial charge in [-0.05, 0) is 66.9 Å². The van der Waals surface area contributed by atoms with Gasteiger partial charge < -0.3 is 27.2 Å². The molecule has 212 valence electrons. The topological polar surface area (TPSA) is 89.2 Å². The summed E-state index contributed by atoms with van der Waals surface area (Å²) in [4.78, 5) is 17.1. The minimum Gasteiger partial charge on any atom is -0.796 e. The number of rotatable bonds is 3. The third-order valence-electron chi connectivity index (χ3n) is 4.22. The summed E-state index contributed by atoms with van der Waals surface area (Å²) in [6.45, 7) is 14.5. The van der Waals surface area contributed by atoms with E-state index in [0.29, 0.717) is 40.2 Å². The first kappa shape index (κ1) is 38.8. The maximum Gasteiger partial charge on any atom is 1.00 e. The van der Waals surface area contributed by atoms with E-state index < -0.39 is 5.60 Å². The van der Waals surface area contributed by atoms with Crippen molar-refractivity contribution in [1.82, 2.24) is 9.97 Å². The average Bonchev–Trinajstić information content (AvgIpc) is 3.37. The molecule has 2 aliphatic heterocycles. The van der Waals surface area contributed by atoms with E-state index in [1.807, 2.05) is 40.0 Å². The minimum absolute atomic E-state index is 0. The summed E-state index contributed by atoms with van der Waals surface area (Å²) in [5.74, 6) is 1.21. The molecular formula is C26H36Cl3N4NaO3S2. The molecule has 0 radical (unpaired) electrons. The van der Waals surface area contributed by atoms with Crippen molar-refractivity contribution in [1.29, 1.82) is 0 Å². The molecule has 4 heterocycles. The largest absolute Gasteiger partial charge is 1.00 e. The second-order valence-electron chi connectivity index (χ2n) is 10.4. The third kappa shape index (κ3) is 14.5. The number of nitrogens with zero attached hydrogens (tertiary/aromatic N) is 4. The molecule has 39 heavy (non-hydrogen) atoms. The van der Waals surface area contributed by atoms with Crippen LogP contribution in [0.1, 0.15) is 59.6 Å². The Balaban J connectivity index is 0.000000589. The predicted octanol–water partition coefficient (Wildman–Crippen LogP) is 3.90. The Morgan fingerprint density at radius 3 is 1.54 bits per heavy atom. The fourth-order valence-electron chi connectivity index (χ4n) is 2.70. The average molecular weight is 646 g/mol. The van der Waals surface area contributed by atoms with Crippen molar-refractivity contribution >= 4 is 71.0 Å². The number of aliphatic imine (C=N–C) groups is 2. The zero-order valence-electron chi connectivity index (χ0n) is 24.2. The fraction of sp³-hybridized carbons (Fsp3) is 0.538. The van der Waals surface area contributed by atoms with Crippen molar-refractivity contribution in [3.63, 3.8) is 0 Å². The molecule has 7 nitrogen and oxygen atoms in total. The Labute approximate surface area is 279 Å². The Hall–Kier alpha value is -0.230. The summed E-state index contributed by atoms with van der Waals surface area (Å²) in [5.41, 5.74) is 0.768. The number of pyridine rings is 2. The van der Waals surface area contributed by atoms with Crippen LogP contribution in [0.15, 0.2) is 39.5 Å². The molecule has 0 amide bonds. The first-order valence-electron chi connectivity index (χ1n) is 11.6. The van der Waals surface area contributed by atoms with Crippen LogP contribution in [0.2, 0.25) is 15.2 Å². The van der Waals surface area contributed by atoms with Crippen molar-refractivity contribution in [2.24, 2.45) is 9.98 Å². The van der Waals surface area contributed by atoms with Gasteiger partial charge in [-0.15, -0.1) is 11.8 Å². The Kier molecular flexibility index (Phi) is 16.9. The standard InChI is InChI=1S/C11H13ClN2OS.C10H10Cl2N2O.C4H10O.CH4S.Na/c1-11(2)6-15-9(14-11)7-4-8(12)10(16-3)13-5-7;1-10(2)5-15-9(14-10)6-3-7(11)8(12)13-4-6;1-4(2,3)5;1-2;/h4-5H,6H2,1-3H3;3-4H,5H2,1-2H3;5H,1-3H3;2H,1H3;/q;;;;+1/p-1. The van der Waals surface area contributed by atoms with Gasteiger partial charge in [0.2, 0.25) is 11.8 Å². The molecule has 0 atom stereocenters. The van der Waals surface area contributed by atoms with Crippen LogP contribution in [0.3, 0.4) is 0 Å². The first-order valence-corrected chi connectivity index (χ1v) is 14.8. The van der Waals surface area contributed by atoms with Gasteiger partial charge in [-0.3, -0.25) is 0 Å². The number of hydrogen-bond donors (Lipinski definition) is 1. The molecule has 1 N–H and O–H groups in total. The molecule has 2 aromatic heterocycles. The molecule has 2 aromatic rings. The number of aliphatic hydroxyl groups is 1. The van der Waals surface area contributed by atoms with Gasteiger partial charge in [0.25, 0.3) is 0 Å². The van der Waals surface area contributed by atoms with Crippen molar-refractivity contribution in [2.45, 2.75) is 70.2 Å². The van der Waals surface area contributed by atoms with Crippen molar-refractivity contribution in [3.05, 3.63) is 50.9 Å². The van der Waals surface area contributed by atoms with Gasteiger partial charge in [0.1, 0.15) is 23.4 Å². The number of hydrogen-bond acceptors (Lipinski definition) is 9. The van der Waals surface area contributed by atoms with Crippen LogP contribution in [-0.4, -0.2) is 69.3 Å². The van der Waals surface area contributed by atoms with Crippen LogP contribution < -0.4 is 29.6 Å². The molecule has 0 fully saturated rings. The molecule has 0 spiro atoms. The zero-order chi connectivity index (χ0) is 29.3. The molecule has 0 saturated heterocycles. The second-order valence-corrected chi connectivity index (χ2v) is 12.4. The van der Waals surface area contributed by atoms with Gasteiger partial charge >= 0.3 is 29.6 Å². The molecule has 0 aliphatic carbocycles. The number of halogens is 3. The van der Waals surface area contributed by atoms with E-state index in [4.69, 9.17) is 49.4 Å². The van der Waals surface area contributed by atoms with Gasteiger partial charge in [-0.2, -0.15) is 6.26 Å². The smallest absolute Gasteiger partial charge is 0.796 e. The van der Waals surface area contributed by atoms with E-state index in [1.54, 1.807) is 45.5 Å². The number of aromatic nitrogens is 2. The first-order chi connectivity index (χ1) is 17.5. The van der Waals surface area contributed by atoms with Gasteiger partial charge in [-0.1, -0.05) is 34.8 Å². The quantitative estimate of drug-likeness (QED) is 0.235. The molecule has 0 unspecified atom stereocenters. The Morgan fingerprint density at radius 2 is 1.23 bits per heavy atom. The molecule has 0 bridgehead atoms. The normalized spacial score (nSPS) is 16.3. The van der Waals surface area contributed by atoms with Crippen LogP contribution in [0.25, 0.3) is 0 Å². The van der Waals surface area contributed by atoms with Crippen LogP contribution in [-0.2, 0) is 22.1 Å². The summed E-state index contributed by atoms with van der Waals surface area (Å²) in [6, 6.07) is 3.55. The van der Waals surface area contributed by atoms with Crippen LogP contribution in [0, 0.1) is 0 Å². The van der Waals surface area contributed by atoms with Gasteiger partial charge in [-0.25, -0.2) is 20.0 Å². The second kappa shape index (κ2) is 17.0. The molecule has 0 saturated carbocycles. The van der Waals surface area contributed by atoms with E-state index in [2.05, 4.69) is 32.6 Å². The van der Waals surface area contributed by atoms with Gasteiger partial charge in [0.15, 0.2) is 0 Å². The summed E-state index contributed by atoms with van der Waals surface area (Å²) < 4.78 is 11.0. The monoisotopic (exact) mass is 644 g/mol. The molecule has 4 rings (SSSR count). The molecular weight excluding hydrogens is 610 g/mol. The van der Waals surface area contributed by atoms with Crippen molar-refractivity contribution in [3.8, 4) is 0 Å². The molecule has 0 aromatic carbocycles. The number of ether oxygens (including phenoxy) is 2. The van der Waals surface area contributed by atoms with Crippen LogP contribution in [0.5, 0.6) is 0 Å². The van der Waals surface area contributed by atoms with Gasteiger partial charge in [0, 0.05) is 12.4 Å². The zero-order valence-corrected chi connectivity index (χ0v) is 30.1. The summed E-state index contributed by atoms with van der Waals surface area (Å²) >= 11 is 23.3. The minimum atomic E-state index is -0.500. The van der Waals surface area contributed by atoms with Crippen LogP contribution >= 0.6 is 46.6 Å². The number of thioether (sulfide) groups is 1. The predicted molar refractivity (Wildman–Crippen MR) is 164 cm³/mol. The maximum atomic E-state index is 8.52. The Bertz CT molecular complexity index is 1140. The van der Waals surface area contributed by atoms with Crippen molar-refractivity contribution < 1.29 is 44.1 Å². The molecule has 13 heteroatoms. The van der Waals surface area contributed by atoms with E-state index in [0.717, 1.165) is 16.2 Å². The summed E-state index contributed by atoms with van der Waals surface area (Å²) in [5, 5.41) is 10.7.